The van der Waals surface area contributed by atoms with Gasteiger partial charge in [0.05, 0.1) is 12.7 Å². The first-order valence-electron chi connectivity index (χ1n) is 4.92. The monoisotopic (exact) mass is 461 g/mol. The molecule has 0 fully saturated rings. The molecule has 0 aromatic carbocycles. The number of carbonyl (C=O) groups excluding carboxylic acids is 1. The van der Waals surface area contributed by atoms with Crippen LogP contribution in [-0.4, -0.2) is 23.0 Å². The van der Waals surface area contributed by atoms with Crippen LogP contribution in [0.5, 0.6) is 0 Å². The van der Waals surface area contributed by atoms with Crippen LogP contribution >= 0.6 is 59.1 Å². The van der Waals surface area contributed by atoms with E-state index in [0.29, 0.717) is 9.35 Å². The van der Waals surface area contributed by atoms with Crippen molar-refractivity contribution < 1.29 is 14.7 Å². The van der Waals surface area contributed by atoms with Gasteiger partial charge in [-0.15, -0.1) is 11.3 Å². The van der Waals surface area contributed by atoms with Gasteiger partial charge in [0.1, 0.15) is 10.9 Å². The number of thiophene rings is 1. The second kappa shape index (κ2) is 6.49. The molecular formula is C10H10Br3NO3S. The summed E-state index contributed by atoms with van der Waals surface area (Å²) in [6.45, 7) is 3.49. The second-order valence-corrected chi connectivity index (χ2v) is 7.79. The van der Waals surface area contributed by atoms with E-state index in [0.717, 1.165) is 8.26 Å². The van der Waals surface area contributed by atoms with Crippen LogP contribution in [0.1, 0.15) is 23.5 Å². The molecule has 0 spiro atoms. The Morgan fingerprint density at radius 2 is 1.78 bits per heavy atom. The Hall–Kier alpha value is 0.0800. The summed E-state index contributed by atoms with van der Waals surface area (Å²) in [6.07, 6.45) is 0. The Morgan fingerprint density at radius 3 is 2.11 bits per heavy atom. The van der Waals surface area contributed by atoms with E-state index in [1.54, 1.807) is 13.8 Å². The Bertz CT molecular complexity index is 487. The first-order valence-corrected chi connectivity index (χ1v) is 8.12. The van der Waals surface area contributed by atoms with E-state index >= 15 is 0 Å². The summed E-state index contributed by atoms with van der Waals surface area (Å²) in [7, 11) is 0. The van der Waals surface area contributed by atoms with Crippen molar-refractivity contribution in [1.82, 2.24) is 5.32 Å². The summed E-state index contributed by atoms with van der Waals surface area (Å²) in [5.74, 6) is -1.62. The number of aliphatic carboxylic acids is 1. The summed E-state index contributed by atoms with van der Waals surface area (Å²) < 4.78 is 2.13. The van der Waals surface area contributed by atoms with Crippen LogP contribution in [0.3, 0.4) is 0 Å². The Kier molecular flexibility index (Phi) is 5.82. The molecule has 0 aliphatic carbocycles. The highest BCUT2D eigenvalue weighted by Gasteiger charge is 2.26. The molecule has 0 bridgehead atoms. The van der Waals surface area contributed by atoms with E-state index in [1.165, 1.54) is 11.3 Å². The van der Waals surface area contributed by atoms with Gasteiger partial charge in [-0.25, -0.2) is 4.79 Å². The lowest BCUT2D eigenvalue weighted by Crippen LogP contribution is -2.44. The molecule has 1 atom stereocenters. The number of halogens is 3. The maximum Gasteiger partial charge on any atom is 0.326 e. The van der Waals surface area contributed by atoms with Crippen LogP contribution in [-0.2, 0) is 4.79 Å². The molecule has 0 aliphatic rings. The van der Waals surface area contributed by atoms with Gasteiger partial charge in [-0.3, -0.25) is 4.79 Å². The average Bonchev–Trinajstić information content (AvgIpc) is 2.52. The fourth-order valence-corrected chi connectivity index (χ4v) is 4.22. The first-order chi connectivity index (χ1) is 8.25. The smallest absolute Gasteiger partial charge is 0.326 e. The summed E-state index contributed by atoms with van der Waals surface area (Å²) in [5.41, 5.74) is 0. The number of carboxylic acid groups (broad SMARTS) is 1. The Balaban J connectivity index is 2.94. The lowest BCUT2D eigenvalue weighted by atomic mass is 10.0. The lowest BCUT2D eigenvalue weighted by Gasteiger charge is -2.17. The highest BCUT2D eigenvalue weighted by molar-refractivity contribution is 9.14. The predicted molar refractivity (Wildman–Crippen MR) is 81.1 cm³/mol. The molecule has 1 aromatic rings. The van der Waals surface area contributed by atoms with Crippen molar-refractivity contribution in [2.45, 2.75) is 19.9 Å². The third-order valence-electron chi connectivity index (χ3n) is 2.18. The third-order valence-corrected chi connectivity index (χ3v) is 7.22. The molecule has 0 unspecified atom stereocenters. The van der Waals surface area contributed by atoms with Crippen molar-refractivity contribution in [1.29, 1.82) is 0 Å². The van der Waals surface area contributed by atoms with Gasteiger partial charge in [0, 0.05) is 0 Å². The van der Waals surface area contributed by atoms with Gasteiger partial charge in [0.15, 0.2) is 0 Å². The van der Waals surface area contributed by atoms with Gasteiger partial charge < -0.3 is 10.4 Å². The van der Waals surface area contributed by atoms with Gasteiger partial charge in [-0.05, 0) is 53.7 Å². The average molecular weight is 464 g/mol. The molecule has 1 rings (SSSR count). The van der Waals surface area contributed by atoms with Gasteiger partial charge >= 0.3 is 5.97 Å². The summed E-state index contributed by atoms with van der Waals surface area (Å²) in [6, 6.07) is -0.899. The van der Waals surface area contributed by atoms with E-state index in [2.05, 4.69) is 53.1 Å². The van der Waals surface area contributed by atoms with Gasteiger partial charge in [0.2, 0.25) is 0 Å². The lowest BCUT2D eigenvalue weighted by molar-refractivity contribution is -0.140. The van der Waals surface area contributed by atoms with E-state index in [1.807, 2.05) is 0 Å². The van der Waals surface area contributed by atoms with E-state index in [9.17, 15) is 9.59 Å². The van der Waals surface area contributed by atoms with Gasteiger partial charge in [-0.1, -0.05) is 13.8 Å². The number of carbonyl (C=O) groups is 2. The minimum atomic E-state index is -1.04. The van der Waals surface area contributed by atoms with E-state index < -0.39 is 17.9 Å². The minimum absolute atomic E-state index is 0.183. The SMILES string of the molecule is CC(C)[C@H](NC(=O)c1sc(Br)c(Br)c1Br)C(=O)O. The quantitative estimate of drug-likeness (QED) is 0.712. The van der Waals surface area contributed by atoms with Crippen molar-refractivity contribution in [3.8, 4) is 0 Å². The minimum Gasteiger partial charge on any atom is -0.480 e. The molecule has 0 saturated heterocycles. The van der Waals surface area contributed by atoms with Crippen molar-refractivity contribution in [3.63, 3.8) is 0 Å². The van der Waals surface area contributed by atoms with Crippen LogP contribution in [0, 0.1) is 5.92 Å². The van der Waals surface area contributed by atoms with Gasteiger partial charge in [-0.2, -0.15) is 0 Å². The molecule has 0 saturated carbocycles. The maximum atomic E-state index is 12.0. The molecule has 1 amide bonds. The zero-order valence-corrected chi connectivity index (χ0v) is 15.0. The molecule has 4 nitrogen and oxygen atoms in total. The normalized spacial score (nSPS) is 12.6. The Morgan fingerprint density at radius 1 is 1.22 bits per heavy atom. The highest BCUT2D eigenvalue weighted by atomic mass is 79.9. The molecule has 2 N–H and O–H groups in total. The zero-order valence-electron chi connectivity index (χ0n) is 9.46. The number of nitrogens with one attached hydrogen (secondary N) is 1. The summed E-state index contributed by atoms with van der Waals surface area (Å²) in [5, 5.41) is 11.5. The number of rotatable bonds is 4. The Labute approximate surface area is 134 Å². The first kappa shape index (κ1) is 16.1. The molecular weight excluding hydrogens is 454 g/mol. The number of hydrogen-bond acceptors (Lipinski definition) is 3. The standard InChI is InChI=1S/C10H10Br3NO3S/c1-3(2)6(10(16)17)14-9(15)7-4(11)5(12)8(13)18-7/h3,6H,1-2H3,(H,14,15)(H,16,17)/t6-/m0/s1. The van der Waals surface area contributed by atoms with Crippen LogP contribution in [0.2, 0.25) is 0 Å². The van der Waals surface area contributed by atoms with E-state index in [-0.39, 0.29) is 5.92 Å². The largest absolute Gasteiger partial charge is 0.480 e. The zero-order chi connectivity index (χ0) is 14.0. The maximum absolute atomic E-state index is 12.0. The fourth-order valence-electron chi connectivity index (χ4n) is 1.23. The molecule has 1 heterocycles. The van der Waals surface area contributed by atoms with Crippen molar-refractivity contribution in [3.05, 3.63) is 17.6 Å². The van der Waals surface area contributed by atoms with Crippen molar-refractivity contribution in [2.24, 2.45) is 5.92 Å². The van der Waals surface area contributed by atoms with Gasteiger partial charge in [0.25, 0.3) is 5.91 Å². The summed E-state index contributed by atoms with van der Waals surface area (Å²) in [4.78, 5) is 23.5. The number of carboxylic acids is 1. The van der Waals surface area contributed by atoms with E-state index in [4.69, 9.17) is 5.11 Å². The molecule has 18 heavy (non-hydrogen) atoms. The second-order valence-electron chi connectivity index (χ2n) is 3.87. The number of hydrogen-bond donors (Lipinski definition) is 2. The molecule has 0 radical (unpaired) electrons. The highest BCUT2D eigenvalue weighted by Crippen LogP contribution is 2.40. The fraction of sp³-hybridized carbons (Fsp3) is 0.400. The summed E-state index contributed by atoms with van der Waals surface area (Å²) >= 11 is 11.1. The molecule has 8 heteroatoms. The number of amides is 1. The third kappa shape index (κ3) is 3.55. The van der Waals surface area contributed by atoms with Crippen LogP contribution in [0.15, 0.2) is 12.7 Å². The predicted octanol–water partition coefficient (Wildman–Crippen LogP) is 3.87. The molecule has 100 valence electrons. The van der Waals surface area contributed by atoms with Crippen molar-refractivity contribution >= 4 is 71.0 Å². The molecule has 0 aliphatic heterocycles. The van der Waals surface area contributed by atoms with Crippen LogP contribution in [0.4, 0.5) is 0 Å². The van der Waals surface area contributed by atoms with Crippen molar-refractivity contribution in [2.75, 3.05) is 0 Å². The van der Waals surface area contributed by atoms with Crippen LogP contribution in [0.25, 0.3) is 0 Å². The molecule has 1 aromatic heterocycles. The topological polar surface area (TPSA) is 66.4 Å². The van der Waals surface area contributed by atoms with Crippen LogP contribution < -0.4 is 5.32 Å².